The van der Waals surface area contributed by atoms with E-state index in [2.05, 4.69) is 10.3 Å². The summed E-state index contributed by atoms with van der Waals surface area (Å²) in [5.41, 5.74) is -0.418. The van der Waals surface area contributed by atoms with Crippen LogP contribution in [0.15, 0.2) is 94.7 Å². The smallest absolute Gasteiger partial charge is 0.277 e. The SMILES string of the molecule is O=C(Nc1ccc(S(=O)(=O)c2ccc3[nH]c4c(c3c2)C(=O)c2ccccc2C4=O)cc1)c1cc([N+](=O)[O-])cc([N+](=O)[O-])c1. The number of amides is 1. The Morgan fingerprint density at radius 1 is 0.744 bits per heavy atom. The van der Waals surface area contributed by atoms with E-state index in [9.17, 15) is 43.0 Å². The minimum absolute atomic E-state index is 0.0856. The summed E-state index contributed by atoms with van der Waals surface area (Å²) in [6.07, 6.45) is 0. The zero-order chi connectivity index (χ0) is 30.6. The number of sulfone groups is 1. The molecule has 0 aliphatic heterocycles. The molecule has 2 N–H and O–H groups in total. The predicted molar refractivity (Wildman–Crippen MR) is 151 cm³/mol. The summed E-state index contributed by atoms with van der Waals surface area (Å²) in [5.74, 6) is -1.66. The van der Waals surface area contributed by atoms with E-state index in [0.717, 1.165) is 18.2 Å². The quantitative estimate of drug-likeness (QED) is 0.199. The van der Waals surface area contributed by atoms with E-state index >= 15 is 0 Å². The highest BCUT2D eigenvalue weighted by Gasteiger charge is 2.33. The minimum atomic E-state index is -4.13. The molecule has 43 heavy (non-hydrogen) atoms. The summed E-state index contributed by atoms with van der Waals surface area (Å²) in [5, 5.41) is 25.0. The van der Waals surface area contributed by atoms with E-state index in [1.54, 1.807) is 24.3 Å². The topological polar surface area (TPSA) is 199 Å². The number of non-ortho nitro benzene ring substituents is 2. The molecule has 1 aromatic heterocycles. The molecule has 0 fully saturated rings. The Morgan fingerprint density at radius 2 is 1.33 bits per heavy atom. The van der Waals surface area contributed by atoms with Gasteiger partial charge in [0, 0.05) is 39.8 Å². The van der Waals surface area contributed by atoms with Crippen molar-refractivity contribution in [2.75, 3.05) is 5.32 Å². The van der Waals surface area contributed by atoms with Crippen LogP contribution in [0, 0.1) is 20.2 Å². The van der Waals surface area contributed by atoms with Gasteiger partial charge in [0.1, 0.15) is 0 Å². The number of benzene rings is 4. The molecular formula is C29H16N4O9S. The molecule has 212 valence electrons. The number of rotatable bonds is 6. The standard InChI is InChI=1S/C29H16N4O9S/c34-27-21-3-1-2-4-22(21)28(35)26-25(27)23-14-20(9-10-24(23)31-26)43(41,42)19-7-5-16(6-8-19)30-29(36)15-11-17(32(37)38)13-18(12-15)33(39)40/h1-14,31H,(H,30,36). The van der Waals surface area contributed by atoms with E-state index < -0.39 is 42.7 Å². The van der Waals surface area contributed by atoms with Crippen molar-refractivity contribution < 1.29 is 32.6 Å². The number of nitrogens with zero attached hydrogens (tertiary/aromatic N) is 2. The van der Waals surface area contributed by atoms with Crippen LogP contribution >= 0.6 is 0 Å². The molecule has 0 spiro atoms. The molecule has 4 aromatic carbocycles. The first kappa shape index (κ1) is 27.2. The van der Waals surface area contributed by atoms with Crippen LogP contribution in [0.25, 0.3) is 10.9 Å². The van der Waals surface area contributed by atoms with Gasteiger partial charge in [-0.1, -0.05) is 24.3 Å². The number of aromatic nitrogens is 1. The van der Waals surface area contributed by atoms with Crippen LogP contribution in [0.4, 0.5) is 17.1 Å². The second kappa shape index (κ2) is 9.81. The molecule has 6 rings (SSSR count). The first-order chi connectivity index (χ1) is 20.5. The number of hydrogen-bond donors (Lipinski definition) is 2. The molecule has 1 heterocycles. The largest absolute Gasteiger partial charge is 0.351 e. The van der Waals surface area contributed by atoms with Gasteiger partial charge in [0.05, 0.1) is 42.5 Å². The summed E-state index contributed by atoms with van der Waals surface area (Å²) >= 11 is 0. The first-order valence-corrected chi connectivity index (χ1v) is 13.9. The van der Waals surface area contributed by atoms with Gasteiger partial charge in [0.25, 0.3) is 17.3 Å². The molecule has 1 aliphatic rings. The van der Waals surface area contributed by atoms with Gasteiger partial charge in [-0.2, -0.15) is 0 Å². The number of carbonyl (C=O) groups excluding carboxylic acids is 3. The molecule has 1 aliphatic carbocycles. The van der Waals surface area contributed by atoms with Gasteiger partial charge in [0.15, 0.2) is 5.78 Å². The number of aromatic amines is 1. The Morgan fingerprint density at radius 3 is 1.93 bits per heavy atom. The predicted octanol–water partition coefficient (Wildman–Crippen LogP) is 4.84. The zero-order valence-electron chi connectivity index (χ0n) is 21.6. The maximum Gasteiger partial charge on any atom is 0.277 e. The van der Waals surface area contributed by atoms with Crippen molar-refractivity contribution in [3.05, 3.63) is 133 Å². The van der Waals surface area contributed by atoms with Gasteiger partial charge < -0.3 is 10.3 Å². The van der Waals surface area contributed by atoms with Crippen molar-refractivity contribution >= 4 is 55.3 Å². The van der Waals surface area contributed by atoms with Crippen LogP contribution in [0.3, 0.4) is 0 Å². The van der Waals surface area contributed by atoms with Crippen LogP contribution in [-0.2, 0) is 9.84 Å². The average Bonchev–Trinajstić information content (AvgIpc) is 3.39. The number of anilines is 1. The molecule has 14 heteroatoms. The zero-order valence-corrected chi connectivity index (χ0v) is 22.4. The number of hydrogen-bond acceptors (Lipinski definition) is 9. The van der Waals surface area contributed by atoms with Crippen LogP contribution < -0.4 is 5.32 Å². The van der Waals surface area contributed by atoms with Crippen molar-refractivity contribution in [2.45, 2.75) is 9.79 Å². The third kappa shape index (κ3) is 4.51. The molecule has 13 nitrogen and oxygen atoms in total. The van der Waals surface area contributed by atoms with Crippen molar-refractivity contribution in [1.82, 2.24) is 4.98 Å². The van der Waals surface area contributed by atoms with Crippen molar-refractivity contribution in [3.8, 4) is 0 Å². The van der Waals surface area contributed by atoms with E-state index in [4.69, 9.17) is 0 Å². The summed E-state index contributed by atoms with van der Waals surface area (Å²) in [6, 6.07) is 18.0. The van der Waals surface area contributed by atoms with Crippen LogP contribution in [0.1, 0.15) is 42.3 Å². The molecule has 0 atom stereocenters. The Bertz CT molecular complexity index is 2150. The van der Waals surface area contributed by atoms with E-state index in [1.165, 1.54) is 42.5 Å². The summed E-state index contributed by atoms with van der Waals surface area (Å²) in [6.45, 7) is 0. The highest BCUT2D eigenvalue weighted by atomic mass is 32.2. The third-order valence-corrected chi connectivity index (χ3v) is 8.73. The molecule has 0 unspecified atom stereocenters. The lowest BCUT2D eigenvalue weighted by Crippen LogP contribution is -2.20. The lowest BCUT2D eigenvalue weighted by atomic mass is 9.87. The van der Waals surface area contributed by atoms with Crippen molar-refractivity contribution in [3.63, 3.8) is 0 Å². The molecule has 5 aromatic rings. The number of H-pyrrole nitrogens is 1. The van der Waals surface area contributed by atoms with Crippen LogP contribution in [-0.4, -0.2) is 40.7 Å². The summed E-state index contributed by atoms with van der Waals surface area (Å²) in [4.78, 5) is 62.2. The lowest BCUT2D eigenvalue weighted by Gasteiger charge is -2.14. The fourth-order valence-electron chi connectivity index (χ4n) is 4.89. The maximum absolute atomic E-state index is 13.5. The van der Waals surface area contributed by atoms with Gasteiger partial charge in [0.2, 0.25) is 15.6 Å². The van der Waals surface area contributed by atoms with Gasteiger partial charge in [-0.05, 0) is 42.5 Å². The second-order valence-corrected chi connectivity index (χ2v) is 11.5. The van der Waals surface area contributed by atoms with E-state index in [-0.39, 0.29) is 54.6 Å². The number of carbonyl (C=O) groups is 3. The molecule has 0 radical (unpaired) electrons. The fraction of sp³-hybridized carbons (Fsp3) is 0. The van der Waals surface area contributed by atoms with Crippen molar-refractivity contribution in [1.29, 1.82) is 0 Å². The van der Waals surface area contributed by atoms with Gasteiger partial charge in [-0.15, -0.1) is 0 Å². The number of nitro groups is 2. The minimum Gasteiger partial charge on any atom is -0.351 e. The highest BCUT2D eigenvalue weighted by Crippen LogP contribution is 2.35. The Balaban J connectivity index is 1.30. The average molecular weight is 597 g/mol. The summed E-state index contributed by atoms with van der Waals surface area (Å²) < 4.78 is 27.0. The number of ketones is 2. The normalized spacial score (nSPS) is 12.5. The second-order valence-electron chi connectivity index (χ2n) is 9.52. The molecule has 1 amide bonds. The third-order valence-electron chi connectivity index (χ3n) is 6.96. The first-order valence-electron chi connectivity index (χ1n) is 12.4. The molecule has 0 saturated carbocycles. The highest BCUT2D eigenvalue weighted by molar-refractivity contribution is 7.91. The molecular weight excluding hydrogens is 580 g/mol. The fourth-order valence-corrected chi connectivity index (χ4v) is 6.17. The maximum atomic E-state index is 13.5. The van der Waals surface area contributed by atoms with Crippen molar-refractivity contribution in [2.24, 2.45) is 0 Å². The molecule has 0 bridgehead atoms. The van der Waals surface area contributed by atoms with E-state index in [0.29, 0.717) is 5.52 Å². The Labute approximate surface area is 241 Å². The van der Waals surface area contributed by atoms with Crippen LogP contribution in [0.2, 0.25) is 0 Å². The van der Waals surface area contributed by atoms with E-state index in [1.807, 2.05) is 0 Å². The number of nitro benzene ring substituents is 2. The summed E-state index contributed by atoms with van der Waals surface area (Å²) in [7, 11) is -4.13. The van der Waals surface area contributed by atoms with Gasteiger partial charge in [-0.3, -0.25) is 34.6 Å². The van der Waals surface area contributed by atoms with Gasteiger partial charge >= 0.3 is 0 Å². The van der Waals surface area contributed by atoms with Gasteiger partial charge in [-0.25, -0.2) is 8.42 Å². The monoisotopic (exact) mass is 596 g/mol. The van der Waals surface area contributed by atoms with Crippen LogP contribution in [0.5, 0.6) is 0 Å². The number of nitrogens with one attached hydrogen (secondary N) is 2. The lowest BCUT2D eigenvalue weighted by molar-refractivity contribution is -0.394. The number of fused-ring (bicyclic) bond motifs is 4. The Hall–Kier alpha value is -6.02. The molecule has 0 saturated heterocycles. The Kier molecular flexibility index (Phi) is 6.20.